The van der Waals surface area contributed by atoms with Crippen molar-refractivity contribution in [1.82, 2.24) is 4.90 Å². The minimum atomic E-state index is -0.544. The molecule has 0 aromatic heterocycles. The Morgan fingerprint density at radius 1 is 0.971 bits per heavy atom. The standard InChI is InChI=1S/C28H24ClN3O3/c1-18-13-14-21(26(33)31-15-7-11-20-10-5-6-12-23(20)31)16-22(18)30-25-24(29)27(34)32(28(25)35)17-19-8-3-2-4-9-19/h2-6,8-10,12-14,16,30H,7,11,15,17H2,1H3. The summed E-state index contributed by atoms with van der Waals surface area (Å²) in [6.45, 7) is 2.64. The zero-order valence-electron chi connectivity index (χ0n) is 19.3. The topological polar surface area (TPSA) is 69.7 Å². The predicted molar refractivity (Wildman–Crippen MR) is 136 cm³/mol. The summed E-state index contributed by atoms with van der Waals surface area (Å²) in [6.07, 6.45) is 1.85. The molecule has 7 heteroatoms. The molecule has 35 heavy (non-hydrogen) atoms. The van der Waals surface area contributed by atoms with Gasteiger partial charge in [0, 0.05) is 23.5 Å². The maximum atomic E-state index is 13.4. The Morgan fingerprint density at radius 2 is 1.71 bits per heavy atom. The largest absolute Gasteiger partial charge is 0.349 e. The van der Waals surface area contributed by atoms with Gasteiger partial charge in [-0.25, -0.2) is 0 Å². The van der Waals surface area contributed by atoms with Gasteiger partial charge in [0.2, 0.25) is 0 Å². The highest BCUT2D eigenvalue weighted by Crippen LogP contribution is 2.31. The molecule has 3 amide bonds. The van der Waals surface area contributed by atoms with Crippen LogP contribution in [0.5, 0.6) is 0 Å². The first-order valence-electron chi connectivity index (χ1n) is 11.5. The summed E-state index contributed by atoms with van der Waals surface area (Å²) in [5.41, 5.74) is 4.79. The van der Waals surface area contributed by atoms with E-state index in [-0.39, 0.29) is 23.2 Å². The van der Waals surface area contributed by atoms with Gasteiger partial charge in [-0.1, -0.05) is 66.2 Å². The Labute approximate surface area is 208 Å². The van der Waals surface area contributed by atoms with Crippen LogP contribution in [-0.2, 0) is 22.6 Å². The SMILES string of the molecule is Cc1ccc(C(=O)N2CCCc3ccccc32)cc1NC1=C(Cl)C(=O)N(Cc2ccccc2)C1=O. The highest BCUT2D eigenvalue weighted by molar-refractivity contribution is 6.48. The summed E-state index contributed by atoms with van der Waals surface area (Å²) in [5, 5.41) is 2.88. The second kappa shape index (κ2) is 9.39. The third-order valence-electron chi connectivity index (χ3n) is 6.39. The van der Waals surface area contributed by atoms with Gasteiger partial charge in [-0.2, -0.15) is 0 Å². The Hall–Kier alpha value is -3.90. The van der Waals surface area contributed by atoms with Crippen LogP contribution in [0, 0.1) is 6.92 Å². The third kappa shape index (κ3) is 4.33. The number of amides is 3. The van der Waals surface area contributed by atoms with Crippen molar-refractivity contribution < 1.29 is 14.4 Å². The molecule has 0 unspecified atom stereocenters. The van der Waals surface area contributed by atoms with Gasteiger partial charge in [0.15, 0.2) is 0 Å². The number of hydrogen-bond donors (Lipinski definition) is 1. The molecule has 0 bridgehead atoms. The summed E-state index contributed by atoms with van der Waals surface area (Å²) in [5.74, 6) is -1.15. The number of imide groups is 1. The van der Waals surface area contributed by atoms with Crippen LogP contribution in [0.15, 0.2) is 83.5 Å². The molecule has 2 heterocycles. The number of hydrogen-bond acceptors (Lipinski definition) is 4. The lowest BCUT2D eigenvalue weighted by molar-refractivity contribution is -0.138. The molecule has 3 aromatic rings. The highest BCUT2D eigenvalue weighted by atomic mass is 35.5. The first kappa shape index (κ1) is 22.9. The Bertz CT molecular complexity index is 1370. The van der Waals surface area contributed by atoms with Crippen molar-refractivity contribution in [2.24, 2.45) is 0 Å². The molecule has 0 atom stereocenters. The number of rotatable bonds is 5. The second-order valence-electron chi connectivity index (χ2n) is 8.71. The van der Waals surface area contributed by atoms with Gasteiger partial charge in [-0.15, -0.1) is 0 Å². The van der Waals surface area contributed by atoms with Crippen molar-refractivity contribution in [3.63, 3.8) is 0 Å². The zero-order valence-corrected chi connectivity index (χ0v) is 20.0. The van der Waals surface area contributed by atoms with Crippen molar-refractivity contribution in [3.05, 3.63) is 106 Å². The van der Waals surface area contributed by atoms with E-state index in [2.05, 4.69) is 11.4 Å². The molecule has 6 nitrogen and oxygen atoms in total. The molecule has 2 aliphatic heterocycles. The number of halogens is 1. The van der Waals surface area contributed by atoms with Crippen LogP contribution in [0.2, 0.25) is 0 Å². The number of nitrogens with one attached hydrogen (secondary N) is 1. The molecule has 0 aliphatic carbocycles. The molecular weight excluding hydrogens is 462 g/mol. The van der Waals surface area contributed by atoms with Crippen LogP contribution in [0.1, 0.15) is 33.5 Å². The Kier molecular flexibility index (Phi) is 6.14. The first-order chi connectivity index (χ1) is 16.9. The quantitative estimate of drug-likeness (QED) is 0.515. The highest BCUT2D eigenvalue weighted by Gasteiger charge is 2.38. The lowest BCUT2D eigenvalue weighted by Crippen LogP contribution is -2.35. The van der Waals surface area contributed by atoms with E-state index < -0.39 is 11.8 Å². The fraction of sp³-hybridized carbons (Fsp3) is 0.179. The summed E-state index contributed by atoms with van der Waals surface area (Å²) in [6, 6.07) is 22.5. The molecule has 0 spiro atoms. The number of benzene rings is 3. The van der Waals surface area contributed by atoms with Gasteiger partial charge < -0.3 is 10.2 Å². The number of carbonyl (C=O) groups excluding carboxylic acids is 3. The molecule has 0 radical (unpaired) electrons. The van der Waals surface area contributed by atoms with E-state index >= 15 is 0 Å². The third-order valence-corrected chi connectivity index (χ3v) is 6.75. The summed E-state index contributed by atoms with van der Waals surface area (Å²) in [4.78, 5) is 42.1. The molecule has 3 aromatic carbocycles. The lowest BCUT2D eigenvalue weighted by atomic mass is 10.0. The maximum absolute atomic E-state index is 13.4. The van der Waals surface area contributed by atoms with Gasteiger partial charge in [-0.05, 0) is 54.7 Å². The molecule has 1 N–H and O–H groups in total. The molecule has 5 rings (SSSR count). The average Bonchev–Trinajstić information content (AvgIpc) is 3.08. The van der Waals surface area contributed by atoms with Gasteiger partial charge >= 0.3 is 0 Å². The van der Waals surface area contributed by atoms with Crippen molar-refractivity contribution in [2.45, 2.75) is 26.3 Å². The lowest BCUT2D eigenvalue weighted by Gasteiger charge is -2.29. The van der Waals surface area contributed by atoms with Gasteiger partial charge in [-0.3, -0.25) is 19.3 Å². The summed E-state index contributed by atoms with van der Waals surface area (Å²) >= 11 is 6.30. The number of anilines is 2. The minimum Gasteiger partial charge on any atom is -0.349 e. The normalized spacial score (nSPS) is 15.5. The van der Waals surface area contributed by atoms with E-state index in [0.717, 1.165) is 40.1 Å². The van der Waals surface area contributed by atoms with E-state index in [9.17, 15) is 14.4 Å². The number of fused-ring (bicyclic) bond motifs is 1. The van der Waals surface area contributed by atoms with E-state index in [0.29, 0.717) is 17.8 Å². The zero-order chi connectivity index (χ0) is 24.5. The second-order valence-corrected chi connectivity index (χ2v) is 9.09. The molecule has 0 saturated heterocycles. The average molecular weight is 486 g/mol. The number of para-hydroxylation sites is 1. The van der Waals surface area contributed by atoms with Crippen LogP contribution in [0.3, 0.4) is 0 Å². The molecule has 2 aliphatic rings. The fourth-order valence-corrected chi connectivity index (χ4v) is 4.72. The molecule has 176 valence electrons. The predicted octanol–water partition coefficient (Wildman–Crippen LogP) is 5.02. The van der Waals surface area contributed by atoms with Crippen molar-refractivity contribution in [2.75, 3.05) is 16.8 Å². The van der Waals surface area contributed by atoms with Crippen molar-refractivity contribution in [1.29, 1.82) is 0 Å². The van der Waals surface area contributed by atoms with Crippen LogP contribution < -0.4 is 10.2 Å². The summed E-state index contributed by atoms with van der Waals surface area (Å²) < 4.78 is 0. The number of carbonyl (C=O) groups is 3. The monoisotopic (exact) mass is 485 g/mol. The first-order valence-corrected chi connectivity index (χ1v) is 11.9. The smallest absolute Gasteiger partial charge is 0.279 e. The van der Waals surface area contributed by atoms with Gasteiger partial charge in [0.05, 0.1) is 6.54 Å². The minimum absolute atomic E-state index is 0.0172. The van der Waals surface area contributed by atoms with E-state index in [1.165, 1.54) is 0 Å². The van der Waals surface area contributed by atoms with E-state index in [4.69, 9.17) is 11.6 Å². The molecular formula is C28H24ClN3O3. The van der Waals surface area contributed by atoms with Crippen LogP contribution in [0.4, 0.5) is 11.4 Å². The molecule has 0 fully saturated rings. The maximum Gasteiger partial charge on any atom is 0.279 e. The van der Waals surface area contributed by atoms with Crippen LogP contribution in [-0.4, -0.2) is 29.2 Å². The number of nitrogens with zero attached hydrogens (tertiary/aromatic N) is 2. The van der Waals surface area contributed by atoms with E-state index in [1.54, 1.807) is 17.0 Å². The van der Waals surface area contributed by atoms with Crippen molar-refractivity contribution >= 4 is 40.7 Å². The number of aryl methyl sites for hydroxylation is 2. The van der Waals surface area contributed by atoms with Crippen LogP contribution in [0.25, 0.3) is 0 Å². The Morgan fingerprint density at radius 3 is 2.51 bits per heavy atom. The Balaban J connectivity index is 1.39. The fourth-order valence-electron chi connectivity index (χ4n) is 4.49. The van der Waals surface area contributed by atoms with Gasteiger partial charge in [0.1, 0.15) is 10.7 Å². The van der Waals surface area contributed by atoms with Crippen molar-refractivity contribution in [3.8, 4) is 0 Å². The van der Waals surface area contributed by atoms with Crippen LogP contribution >= 0.6 is 11.6 Å². The van der Waals surface area contributed by atoms with E-state index in [1.807, 2.05) is 61.5 Å². The summed E-state index contributed by atoms with van der Waals surface area (Å²) in [7, 11) is 0. The van der Waals surface area contributed by atoms with Gasteiger partial charge in [0.25, 0.3) is 17.7 Å². The molecule has 0 saturated carbocycles.